The van der Waals surface area contributed by atoms with Gasteiger partial charge in [-0.3, -0.25) is 15.1 Å². The lowest BCUT2D eigenvalue weighted by Crippen LogP contribution is -2.04. The molecule has 1 atom stereocenters. The zero-order chi connectivity index (χ0) is 22.7. The van der Waals surface area contributed by atoms with Gasteiger partial charge in [0.05, 0.1) is 28.9 Å². The number of fused-ring (bicyclic) bond motifs is 1. The lowest BCUT2D eigenvalue weighted by molar-refractivity contribution is -0.384. The van der Waals surface area contributed by atoms with E-state index >= 15 is 0 Å². The third-order valence-corrected chi connectivity index (χ3v) is 4.77. The maximum Gasteiger partial charge on any atom is 0.270 e. The number of nitrogens with zero attached hydrogens (tertiary/aromatic N) is 4. The fourth-order valence-corrected chi connectivity index (χ4v) is 3.11. The van der Waals surface area contributed by atoms with Gasteiger partial charge < -0.3 is 20.3 Å². The van der Waals surface area contributed by atoms with Gasteiger partial charge in [-0.15, -0.1) is 0 Å². The number of aromatic nitrogens is 3. The number of aliphatic hydroxyl groups is 2. The zero-order valence-electron chi connectivity index (χ0n) is 17.0. The Labute approximate surface area is 182 Å². The van der Waals surface area contributed by atoms with E-state index in [1.807, 2.05) is 13.0 Å². The topological polar surface area (TPSA) is 144 Å². The molecule has 10 nitrogen and oxygen atoms in total. The van der Waals surface area contributed by atoms with Gasteiger partial charge in [0.15, 0.2) is 0 Å². The Kier molecular flexibility index (Phi) is 5.88. The molecule has 2 aromatic heterocycles. The molecule has 0 unspecified atom stereocenters. The molecule has 32 heavy (non-hydrogen) atoms. The van der Waals surface area contributed by atoms with Crippen LogP contribution >= 0.6 is 0 Å². The number of nitro benzene ring substituents is 1. The monoisotopic (exact) mass is 433 g/mol. The van der Waals surface area contributed by atoms with Crippen LogP contribution in [0.25, 0.3) is 10.9 Å². The van der Waals surface area contributed by atoms with Crippen molar-refractivity contribution in [3.63, 3.8) is 0 Å². The molecule has 0 amide bonds. The summed E-state index contributed by atoms with van der Waals surface area (Å²) >= 11 is 0. The summed E-state index contributed by atoms with van der Waals surface area (Å²) in [6.07, 6.45) is 1.83. The fraction of sp³-hybridized carbons (Fsp3) is 0.136. The van der Waals surface area contributed by atoms with E-state index in [0.717, 1.165) is 11.3 Å². The Hall–Kier alpha value is -4.15. The Balaban J connectivity index is 1.55. The number of anilines is 2. The Morgan fingerprint density at radius 1 is 1.12 bits per heavy atom. The summed E-state index contributed by atoms with van der Waals surface area (Å²) in [5.74, 6) is 1.54. The fourth-order valence-electron chi connectivity index (χ4n) is 3.11. The summed E-state index contributed by atoms with van der Waals surface area (Å²) in [6.45, 7) is 1.47. The first kappa shape index (κ1) is 21.1. The second kappa shape index (κ2) is 8.92. The third-order valence-electron chi connectivity index (χ3n) is 4.77. The maximum atomic E-state index is 11.1. The van der Waals surface area contributed by atoms with Crippen molar-refractivity contribution in [1.82, 2.24) is 15.0 Å². The molecule has 0 saturated carbocycles. The van der Waals surface area contributed by atoms with Crippen LogP contribution in [0.15, 0.2) is 61.1 Å². The van der Waals surface area contributed by atoms with Crippen LogP contribution in [0.2, 0.25) is 0 Å². The molecule has 0 aliphatic rings. The molecule has 0 fully saturated rings. The quantitative estimate of drug-likeness (QED) is 0.293. The molecule has 10 heteroatoms. The van der Waals surface area contributed by atoms with E-state index in [-0.39, 0.29) is 5.69 Å². The average molecular weight is 433 g/mol. The van der Waals surface area contributed by atoms with Crippen LogP contribution in [0.5, 0.6) is 11.5 Å². The Bertz CT molecular complexity index is 1280. The van der Waals surface area contributed by atoms with E-state index < -0.39 is 17.6 Å². The first-order valence-electron chi connectivity index (χ1n) is 9.64. The molecule has 4 aromatic rings. The highest BCUT2D eigenvalue weighted by molar-refractivity contribution is 5.92. The molecule has 2 heterocycles. The van der Waals surface area contributed by atoms with Crippen LogP contribution < -0.4 is 10.1 Å². The van der Waals surface area contributed by atoms with Gasteiger partial charge >= 0.3 is 0 Å². The Morgan fingerprint density at radius 2 is 1.97 bits per heavy atom. The molecule has 0 saturated heterocycles. The number of hydrogen-bond acceptors (Lipinski definition) is 9. The van der Waals surface area contributed by atoms with Gasteiger partial charge in [-0.05, 0) is 48.9 Å². The minimum Gasteiger partial charge on any atom is -0.455 e. The maximum absolute atomic E-state index is 11.1. The standard InChI is InChI=1S/C22H19N5O5/c1-13-8-14(2-7-21(13)32-16-4-6-19(23-10-16)20(29)11-28)26-22-17-9-15(27(30)31)3-5-18(17)24-12-25-22/h2-10,12,20,28-29H,11H2,1H3,(H,24,25,26)/t20-/m1/s1. The van der Waals surface area contributed by atoms with E-state index in [1.165, 1.54) is 24.7 Å². The van der Waals surface area contributed by atoms with Crippen LogP contribution in [0.4, 0.5) is 17.2 Å². The molecular weight excluding hydrogens is 414 g/mol. The molecule has 0 bridgehead atoms. The van der Waals surface area contributed by atoms with E-state index in [0.29, 0.717) is 33.9 Å². The highest BCUT2D eigenvalue weighted by Crippen LogP contribution is 2.30. The van der Waals surface area contributed by atoms with Gasteiger partial charge in [-0.25, -0.2) is 9.97 Å². The molecule has 0 aliphatic heterocycles. The summed E-state index contributed by atoms with van der Waals surface area (Å²) in [7, 11) is 0. The largest absolute Gasteiger partial charge is 0.455 e. The average Bonchev–Trinajstić information content (AvgIpc) is 2.80. The third kappa shape index (κ3) is 4.46. The van der Waals surface area contributed by atoms with Crippen LogP contribution in [0, 0.1) is 17.0 Å². The van der Waals surface area contributed by atoms with Crippen molar-refractivity contribution < 1.29 is 19.9 Å². The second-order valence-electron chi connectivity index (χ2n) is 7.01. The van der Waals surface area contributed by atoms with E-state index in [4.69, 9.17) is 9.84 Å². The van der Waals surface area contributed by atoms with Crippen molar-refractivity contribution in [1.29, 1.82) is 0 Å². The smallest absolute Gasteiger partial charge is 0.270 e. The molecule has 0 aliphatic carbocycles. The van der Waals surface area contributed by atoms with Gasteiger partial charge in [0, 0.05) is 23.2 Å². The minimum absolute atomic E-state index is 0.0404. The summed E-state index contributed by atoms with van der Waals surface area (Å²) in [5, 5.41) is 33.4. The normalized spacial score (nSPS) is 11.8. The predicted octanol–water partition coefficient (Wildman–Crippen LogP) is 3.80. The molecule has 4 rings (SSSR count). The van der Waals surface area contributed by atoms with E-state index in [1.54, 1.807) is 30.3 Å². The van der Waals surface area contributed by atoms with Gasteiger partial charge in [0.1, 0.15) is 29.7 Å². The molecule has 0 radical (unpaired) electrons. The summed E-state index contributed by atoms with van der Waals surface area (Å²) in [4.78, 5) is 23.1. The molecule has 162 valence electrons. The number of nitrogens with one attached hydrogen (secondary N) is 1. The van der Waals surface area contributed by atoms with Gasteiger partial charge in [-0.2, -0.15) is 0 Å². The van der Waals surface area contributed by atoms with Crippen molar-refractivity contribution >= 4 is 28.1 Å². The lowest BCUT2D eigenvalue weighted by Gasteiger charge is -2.13. The first-order chi connectivity index (χ1) is 15.4. The highest BCUT2D eigenvalue weighted by atomic mass is 16.6. The van der Waals surface area contributed by atoms with Gasteiger partial charge in [0.25, 0.3) is 5.69 Å². The number of hydrogen-bond donors (Lipinski definition) is 3. The first-order valence-corrected chi connectivity index (χ1v) is 9.64. The number of non-ortho nitro benzene ring substituents is 1. The Morgan fingerprint density at radius 3 is 2.66 bits per heavy atom. The van der Waals surface area contributed by atoms with Crippen molar-refractivity contribution in [2.24, 2.45) is 0 Å². The van der Waals surface area contributed by atoms with Crippen molar-refractivity contribution in [3.8, 4) is 11.5 Å². The van der Waals surface area contributed by atoms with Crippen LogP contribution in [0.3, 0.4) is 0 Å². The van der Waals surface area contributed by atoms with Crippen LogP contribution in [-0.2, 0) is 0 Å². The van der Waals surface area contributed by atoms with Crippen molar-refractivity contribution in [3.05, 3.63) is 82.4 Å². The molecule has 0 spiro atoms. The number of pyridine rings is 1. The molecule has 2 aromatic carbocycles. The molecule has 3 N–H and O–H groups in total. The number of benzene rings is 2. The predicted molar refractivity (Wildman–Crippen MR) is 117 cm³/mol. The van der Waals surface area contributed by atoms with E-state index in [2.05, 4.69) is 20.3 Å². The highest BCUT2D eigenvalue weighted by Gasteiger charge is 2.12. The van der Waals surface area contributed by atoms with E-state index in [9.17, 15) is 15.2 Å². The number of ether oxygens (including phenoxy) is 1. The summed E-state index contributed by atoms with van der Waals surface area (Å²) in [6, 6.07) is 13.1. The number of aryl methyl sites for hydroxylation is 1. The summed E-state index contributed by atoms with van der Waals surface area (Å²) in [5.41, 5.74) is 2.46. The lowest BCUT2D eigenvalue weighted by atomic mass is 10.1. The molecular formula is C22H19N5O5. The van der Waals surface area contributed by atoms with Gasteiger partial charge in [-0.1, -0.05) is 0 Å². The number of aliphatic hydroxyl groups excluding tert-OH is 2. The summed E-state index contributed by atoms with van der Waals surface area (Å²) < 4.78 is 5.86. The second-order valence-corrected chi connectivity index (χ2v) is 7.01. The van der Waals surface area contributed by atoms with Crippen molar-refractivity contribution in [2.45, 2.75) is 13.0 Å². The SMILES string of the molecule is Cc1cc(Nc2ncnc3ccc([N+](=O)[O-])cc23)ccc1Oc1ccc([C@H](O)CO)nc1. The van der Waals surface area contributed by atoms with Crippen LogP contribution in [-0.4, -0.2) is 36.7 Å². The zero-order valence-corrected chi connectivity index (χ0v) is 17.0. The van der Waals surface area contributed by atoms with Gasteiger partial charge in [0.2, 0.25) is 0 Å². The number of nitro groups is 1. The van der Waals surface area contributed by atoms with Crippen LogP contribution in [0.1, 0.15) is 17.4 Å². The number of rotatable bonds is 7. The minimum atomic E-state index is -1.03. The van der Waals surface area contributed by atoms with Crippen molar-refractivity contribution in [2.75, 3.05) is 11.9 Å².